The molecule has 0 spiro atoms. The summed E-state index contributed by atoms with van der Waals surface area (Å²) in [6, 6.07) is 7.13. The molecule has 0 aromatic heterocycles. The number of anilines is 1. The SMILES string of the molecule is CCOC(=O)CN1C(=O)C2C(NC3N(c4ccccc4C)CC(C)CN23)N(C)C1=O. The molecule has 3 saturated heterocycles. The average Bonchev–Trinajstić information content (AvgIpc) is 3.09. The van der Waals surface area contributed by atoms with Crippen LogP contribution in [0.5, 0.6) is 0 Å². The number of nitrogens with zero attached hydrogens (tertiary/aromatic N) is 4. The molecule has 0 radical (unpaired) electrons. The van der Waals surface area contributed by atoms with Crippen LogP contribution in [0, 0.1) is 12.8 Å². The Kier molecular flexibility index (Phi) is 5.42. The third-order valence-electron chi connectivity index (χ3n) is 6.10. The molecule has 1 aromatic rings. The molecule has 3 heterocycles. The lowest BCUT2D eigenvalue weighted by Gasteiger charge is -2.46. The summed E-state index contributed by atoms with van der Waals surface area (Å²) in [6.45, 7) is 7.33. The number of hydrogen-bond donors (Lipinski definition) is 1. The molecule has 0 aliphatic carbocycles. The lowest BCUT2D eigenvalue weighted by atomic mass is 10.0. The second-order valence-electron chi connectivity index (χ2n) is 8.29. The number of likely N-dealkylation sites (N-methyl/N-ethyl adjacent to an activating group) is 1. The molecule has 0 bridgehead atoms. The minimum absolute atomic E-state index is 0.204. The highest BCUT2D eigenvalue weighted by molar-refractivity contribution is 6.02. The van der Waals surface area contributed by atoms with E-state index < -0.39 is 24.2 Å². The molecule has 3 aliphatic rings. The van der Waals surface area contributed by atoms with Crippen molar-refractivity contribution in [3.63, 3.8) is 0 Å². The maximum atomic E-state index is 13.3. The van der Waals surface area contributed by atoms with Gasteiger partial charge in [-0.2, -0.15) is 0 Å². The molecule has 3 fully saturated rings. The monoisotopic (exact) mass is 415 g/mol. The number of ether oxygens (including phenoxy) is 1. The zero-order valence-electron chi connectivity index (χ0n) is 17.9. The van der Waals surface area contributed by atoms with Crippen molar-refractivity contribution in [1.29, 1.82) is 0 Å². The number of hydrogen-bond acceptors (Lipinski definition) is 7. The predicted molar refractivity (Wildman–Crippen MR) is 110 cm³/mol. The number of carbonyl (C=O) groups excluding carboxylic acids is 3. The molecule has 4 rings (SSSR count). The molecular formula is C21H29N5O4. The van der Waals surface area contributed by atoms with E-state index in [9.17, 15) is 14.4 Å². The maximum Gasteiger partial charge on any atom is 0.328 e. The van der Waals surface area contributed by atoms with Crippen LogP contribution in [0.3, 0.4) is 0 Å². The van der Waals surface area contributed by atoms with E-state index in [1.54, 1.807) is 14.0 Å². The highest BCUT2D eigenvalue weighted by Gasteiger charge is 2.57. The fraction of sp³-hybridized carbons (Fsp3) is 0.571. The first kappa shape index (κ1) is 20.6. The van der Waals surface area contributed by atoms with Crippen LogP contribution in [0.15, 0.2) is 24.3 Å². The maximum absolute atomic E-state index is 13.3. The van der Waals surface area contributed by atoms with E-state index in [0.29, 0.717) is 5.92 Å². The predicted octanol–water partition coefficient (Wildman–Crippen LogP) is 0.792. The lowest BCUT2D eigenvalue weighted by molar-refractivity contribution is -0.151. The van der Waals surface area contributed by atoms with E-state index in [0.717, 1.165) is 29.2 Å². The molecule has 162 valence electrons. The summed E-state index contributed by atoms with van der Waals surface area (Å²) < 4.78 is 4.96. The molecule has 1 aromatic carbocycles. The summed E-state index contributed by atoms with van der Waals surface area (Å²) >= 11 is 0. The highest BCUT2D eigenvalue weighted by Crippen LogP contribution is 2.35. The number of para-hydroxylation sites is 1. The van der Waals surface area contributed by atoms with E-state index in [1.807, 2.05) is 12.1 Å². The Morgan fingerprint density at radius 1 is 1.23 bits per heavy atom. The van der Waals surface area contributed by atoms with Crippen LogP contribution < -0.4 is 10.2 Å². The Bertz CT molecular complexity index is 862. The van der Waals surface area contributed by atoms with Crippen LogP contribution in [-0.2, 0) is 14.3 Å². The van der Waals surface area contributed by atoms with E-state index in [2.05, 4.69) is 41.1 Å². The Morgan fingerprint density at radius 2 is 1.97 bits per heavy atom. The Morgan fingerprint density at radius 3 is 2.67 bits per heavy atom. The summed E-state index contributed by atoms with van der Waals surface area (Å²) in [5.74, 6) is -0.609. The molecule has 3 amide bonds. The average molecular weight is 415 g/mol. The van der Waals surface area contributed by atoms with Gasteiger partial charge in [-0.05, 0) is 31.4 Å². The van der Waals surface area contributed by atoms with Gasteiger partial charge in [-0.3, -0.25) is 24.7 Å². The van der Waals surface area contributed by atoms with Crippen molar-refractivity contribution < 1.29 is 19.1 Å². The van der Waals surface area contributed by atoms with Crippen molar-refractivity contribution in [3.05, 3.63) is 29.8 Å². The first-order valence-electron chi connectivity index (χ1n) is 10.4. The first-order chi connectivity index (χ1) is 14.3. The van der Waals surface area contributed by atoms with Gasteiger partial charge in [0, 0.05) is 25.8 Å². The largest absolute Gasteiger partial charge is 0.465 e. The Hall–Kier alpha value is -2.65. The first-order valence-corrected chi connectivity index (χ1v) is 10.4. The number of urea groups is 1. The fourth-order valence-corrected chi connectivity index (χ4v) is 4.77. The molecule has 1 N–H and O–H groups in total. The zero-order chi connectivity index (χ0) is 21.6. The van der Waals surface area contributed by atoms with Gasteiger partial charge >= 0.3 is 12.0 Å². The second kappa shape index (κ2) is 7.88. The van der Waals surface area contributed by atoms with Gasteiger partial charge in [0.15, 0.2) is 0 Å². The van der Waals surface area contributed by atoms with E-state index >= 15 is 0 Å². The number of aryl methyl sites for hydroxylation is 1. The summed E-state index contributed by atoms with van der Waals surface area (Å²) in [7, 11) is 1.66. The van der Waals surface area contributed by atoms with Crippen molar-refractivity contribution >= 4 is 23.6 Å². The second-order valence-corrected chi connectivity index (χ2v) is 8.29. The van der Waals surface area contributed by atoms with E-state index in [4.69, 9.17) is 4.74 Å². The van der Waals surface area contributed by atoms with Crippen LogP contribution in [0.2, 0.25) is 0 Å². The summed E-state index contributed by atoms with van der Waals surface area (Å²) in [5, 5.41) is 3.49. The number of rotatable bonds is 4. The lowest BCUT2D eigenvalue weighted by Crippen LogP contribution is -2.67. The summed E-state index contributed by atoms with van der Waals surface area (Å²) in [5.41, 5.74) is 2.26. The van der Waals surface area contributed by atoms with Crippen molar-refractivity contribution in [2.75, 3.05) is 38.2 Å². The van der Waals surface area contributed by atoms with Crippen molar-refractivity contribution in [1.82, 2.24) is 20.0 Å². The topological polar surface area (TPSA) is 85.4 Å². The van der Waals surface area contributed by atoms with Gasteiger partial charge in [-0.1, -0.05) is 25.1 Å². The molecule has 3 aliphatic heterocycles. The van der Waals surface area contributed by atoms with Crippen molar-refractivity contribution in [2.24, 2.45) is 5.92 Å². The minimum Gasteiger partial charge on any atom is -0.465 e. The molecule has 30 heavy (non-hydrogen) atoms. The number of amides is 3. The number of benzene rings is 1. The number of carbonyl (C=O) groups is 3. The van der Waals surface area contributed by atoms with Gasteiger partial charge in [0.05, 0.1) is 6.61 Å². The quantitative estimate of drug-likeness (QED) is 0.728. The summed E-state index contributed by atoms with van der Waals surface area (Å²) in [6.07, 6.45) is -0.663. The minimum atomic E-state index is -0.581. The summed E-state index contributed by atoms with van der Waals surface area (Å²) in [4.78, 5) is 45.1. The van der Waals surface area contributed by atoms with Gasteiger partial charge in [0.25, 0.3) is 5.91 Å². The standard InChI is InChI=1S/C21H29N5O4/c1-5-30-16(27)12-26-19(28)17-18(23(4)21(26)29)22-20-24(10-13(2)11-25(17)20)15-9-7-6-8-14(15)3/h6-9,13,17-18,20,22H,5,10-12H2,1-4H3. The van der Waals surface area contributed by atoms with Crippen molar-refractivity contribution in [2.45, 2.75) is 39.3 Å². The Labute approximate surface area is 176 Å². The van der Waals surface area contributed by atoms with Crippen LogP contribution in [-0.4, -0.2) is 84.4 Å². The molecule has 9 nitrogen and oxygen atoms in total. The highest BCUT2D eigenvalue weighted by atomic mass is 16.5. The third-order valence-corrected chi connectivity index (χ3v) is 6.10. The van der Waals surface area contributed by atoms with Gasteiger partial charge in [-0.15, -0.1) is 0 Å². The van der Waals surface area contributed by atoms with Gasteiger partial charge in [0.2, 0.25) is 0 Å². The van der Waals surface area contributed by atoms with Gasteiger partial charge in [0.1, 0.15) is 25.0 Å². The molecule has 0 saturated carbocycles. The number of nitrogens with one attached hydrogen (secondary N) is 1. The van der Waals surface area contributed by atoms with Gasteiger partial charge in [-0.25, -0.2) is 4.79 Å². The molecule has 9 heteroatoms. The van der Waals surface area contributed by atoms with Crippen LogP contribution in [0.4, 0.5) is 10.5 Å². The van der Waals surface area contributed by atoms with Crippen LogP contribution >= 0.6 is 0 Å². The fourth-order valence-electron chi connectivity index (χ4n) is 4.77. The third kappa shape index (κ3) is 3.31. The van der Waals surface area contributed by atoms with E-state index in [-0.39, 0.29) is 25.3 Å². The Balaban J connectivity index is 1.65. The number of imide groups is 1. The molecular weight excluding hydrogens is 386 g/mol. The van der Waals surface area contributed by atoms with Crippen LogP contribution in [0.1, 0.15) is 19.4 Å². The van der Waals surface area contributed by atoms with Crippen molar-refractivity contribution in [3.8, 4) is 0 Å². The molecule has 4 atom stereocenters. The zero-order valence-corrected chi connectivity index (χ0v) is 17.9. The normalized spacial score (nSPS) is 29.1. The van der Waals surface area contributed by atoms with Crippen LogP contribution in [0.25, 0.3) is 0 Å². The van der Waals surface area contributed by atoms with E-state index in [1.165, 1.54) is 4.90 Å². The smallest absolute Gasteiger partial charge is 0.328 e. The van der Waals surface area contributed by atoms with Gasteiger partial charge < -0.3 is 14.5 Å². The number of fused-ring (bicyclic) bond motifs is 3. The molecule has 4 unspecified atom stereocenters. The number of esters is 1.